The highest BCUT2D eigenvalue weighted by Gasteiger charge is 2.14. The molecular weight excluding hydrogens is 312 g/mol. The summed E-state index contributed by atoms with van der Waals surface area (Å²) in [4.78, 5) is 0. The van der Waals surface area contributed by atoms with Gasteiger partial charge in [0.2, 0.25) is 0 Å². The number of halogens is 2. The molecule has 1 fully saturated rings. The van der Waals surface area contributed by atoms with Gasteiger partial charge in [0, 0.05) is 16.7 Å². The van der Waals surface area contributed by atoms with Crippen molar-refractivity contribution < 1.29 is 0 Å². The van der Waals surface area contributed by atoms with E-state index in [-0.39, 0.29) is 6.29 Å². The average Bonchev–Trinajstić information content (AvgIpc) is 2.64. The highest BCUT2D eigenvalue weighted by molar-refractivity contribution is 14.1. The van der Waals surface area contributed by atoms with Gasteiger partial charge in [0.1, 0.15) is 6.29 Å². The van der Waals surface area contributed by atoms with E-state index in [9.17, 15) is 0 Å². The number of hydrogen-bond acceptors (Lipinski definition) is 3. The molecule has 1 aliphatic heterocycles. The summed E-state index contributed by atoms with van der Waals surface area (Å²) in [5.74, 6) is 0. The van der Waals surface area contributed by atoms with Gasteiger partial charge in [-0.05, 0) is 34.7 Å². The van der Waals surface area contributed by atoms with Crippen molar-refractivity contribution in [2.75, 3.05) is 18.4 Å². The number of rotatable bonds is 2. The zero-order chi connectivity index (χ0) is 9.97. The van der Waals surface area contributed by atoms with Gasteiger partial charge in [0.15, 0.2) is 0 Å². The molecule has 0 spiro atoms. The Bertz CT molecular complexity index is 306. The van der Waals surface area contributed by atoms with Crippen LogP contribution in [0.1, 0.15) is 0 Å². The zero-order valence-electron chi connectivity index (χ0n) is 7.48. The fraction of sp³-hybridized carbons (Fsp3) is 0.333. The Kier molecular flexibility index (Phi) is 3.48. The first-order valence-corrected chi connectivity index (χ1v) is 5.90. The second-order valence-electron chi connectivity index (χ2n) is 3.08. The van der Waals surface area contributed by atoms with E-state index in [1.165, 1.54) is 0 Å². The van der Waals surface area contributed by atoms with E-state index in [4.69, 9.17) is 11.6 Å². The Hall–Kier alpha value is -0.0400. The maximum atomic E-state index is 6.09. The fourth-order valence-electron chi connectivity index (χ4n) is 1.39. The predicted molar refractivity (Wildman–Crippen MR) is 67.6 cm³/mol. The van der Waals surface area contributed by atoms with Crippen molar-refractivity contribution in [3.05, 3.63) is 26.8 Å². The average molecular weight is 324 g/mol. The topological polar surface area (TPSA) is 36.1 Å². The molecular formula is C9H11ClIN3. The minimum Gasteiger partial charge on any atom is -0.356 e. The van der Waals surface area contributed by atoms with Crippen molar-refractivity contribution in [3.8, 4) is 0 Å². The van der Waals surface area contributed by atoms with Crippen molar-refractivity contribution in [3.63, 3.8) is 0 Å². The van der Waals surface area contributed by atoms with E-state index in [0.29, 0.717) is 0 Å². The molecule has 0 bridgehead atoms. The number of hydrogen-bond donors (Lipinski definition) is 3. The molecule has 2 rings (SSSR count). The van der Waals surface area contributed by atoms with Crippen molar-refractivity contribution >= 4 is 39.9 Å². The SMILES string of the molecule is Clc1cccc(I)c1NC1NCCN1. The van der Waals surface area contributed by atoms with Crippen LogP contribution >= 0.6 is 34.2 Å². The van der Waals surface area contributed by atoms with Gasteiger partial charge in [-0.2, -0.15) is 0 Å². The molecule has 0 unspecified atom stereocenters. The molecule has 1 saturated heterocycles. The summed E-state index contributed by atoms with van der Waals surface area (Å²) >= 11 is 8.36. The summed E-state index contributed by atoms with van der Waals surface area (Å²) in [5.41, 5.74) is 0.988. The first-order chi connectivity index (χ1) is 6.77. The lowest BCUT2D eigenvalue weighted by molar-refractivity contribution is 0.620. The number of anilines is 1. The van der Waals surface area contributed by atoms with Gasteiger partial charge in [-0.3, -0.25) is 10.6 Å². The highest BCUT2D eigenvalue weighted by Crippen LogP contribution is 2.27. The van der Waals surface area contributed by atoms with Crippen molar-refractivity contribution in [1.82, 2.24) is 10.6 Å². The molecule has 1 aliphatic rings. The van der Waals surface area contributed by atoms with Crippen LogP contribution in [0.5, 0.6) is 0 Å². The lowest BCUT2D eigenvalue weighted by Gasteiger charge is -2.16. The van der Waals surface area contributed by atoms with E-state index >= 15 is 0 Å². The normalized spacial score (nSPS) is 17.3. The van der Waals surface area contributed by atoms with Crippen LogP contribution < -0.4 is 16.0 Å². The Balaban J connectivity index is 2.14. The van der Waals surface area contributed by atoms with Crippen LogP contribution in [0.3, 0.4) is 0 Å². The molecule has 0 amide bonds. The van der Waals surface area contributed by atoms with Crippen molar-refractivity contribution in [2.24, 2.45) is 0 Å². The molecule has 5 heteroatoms. The molecule has 1 heterocycles. The van der Waals surface area contributed by atoms with Crippen LogP contribution in [0.15, 0.2) is 18.2 Å². The summed E-state index contributed by atoms with van der Waals surface area (Å²) in [6.45, 7) is 1.97. The van der Waals surface area contributed by atoms with Crippen molar-refractivity contribution in [2.45, 2.75) is 6.29 Å². The molecule has 14 heavy (non-hydrogen) atoms. The monoisotopic (exact) mass is 323 g/mol. The van der Waals surface area contributed by atoms with Crippen LogP contribution in [0.25, 0.3) is 0 Å². The molecule has 1 aromatic carbocycles. The quantitative estimate of drug-likeness (QED) is 0.727. The molecule has 0 atom stereocenters. The first kappa shape index (κ1) is 10.5. The minimum atomic E-state index is 0.128. The third-order valence-electron chi connectivity index (χ3n) is 2.07. The standard InChI is InChI=1S/C9H11ClIN3/c10-6-2-1-3-7(11)8(6)14-9-12-4-5-13-9/h1-3,9,12-14H,4-5H2. The van der Waals surface area contributed by atoms with E-state index < -0.39 is 0 Å². The third kappa shape index (κ3) is 2.31. The van der Waals surface area contributed by atoms with Crippen LogP contribution in [-0.2, 0) is 0 Å². The zero-order valence-corrected chi connectivity index (χ0v) is 10.4. The maximum absolute atomic E-state index is 6.09. The fourth-order valence-corrected chi connectivity index (χ4v) is 2.43. The van der Waals surface area contributed by atoms with E-state index in [1.54, 1.807) is 0 Å². The molecule has 3 nitrogen and oxygen atoms in total. The Morgan fingerprint density at radius 1 is 1.36 bits per heavy atom. The maximum Gasteiger partial charge on any atom is 0.132 e. The molecule has 0 aromatic heterocycles. The Morgan fingerprint density at radius 3 is 2.71 bits per heavy atom. The number of para-hydroxylation sites is 1. The highest BCUT2D eigenvalue weighted by atomic mass is 127. The number of nitrogens with one attached hydrogen (secondary N) is 3. The van der Waals surface area contributed by atoms with Gasteiger partial charge in [-0.25, -0.2) is 0 Å². The van der Waals surface area contributed by atoms with Gasteiger partial charge < -0.3 is 5.32 Å². The second-order valence-corrected chi connectivity index (χ2v) is 4.65. The van der Waals surface area contributed by atoms with E-state index in [0.717, 1.165) is 27.4 Å². The van der Waals surface area contributed by atoms with Crippen LogP contribution in [0.2, 0.25) is 5.02 Å². The van der Waals surface area contributed by atoms with E-state index in [1.807, 2.05) is 18.2 Å². The van der Waals surface area contributed by atoms with Gasteiger partial charge in [0.05, 0.1) is 10.7 Å². The van der Waals surface area contributed by atoms with Crippen LogP contribution in [-0.4, -0.2) is 19.4 Å². The largest absolute Gasteiger partial charge is 0.356 e. The van der Waals surface area contributed by atoms with Crippen molar-refractivity contribution in [1.29, 1.82) is 0 Å². The number of benzene rings is 1. The molecule has 0 aliphatic carbocycles. The Morgan fingerprint density at radius 2 is 2.07 bits per heavy atom. The van der Waals surface area contributed by atoms with Gasteiger partial charge >= 0.3 is 0 Å². The van der Waals surface area contributed by atoms with Gasteiger partial charge in [0.25, 0.3) is 0 Å². The summed E-state index contributed by atoms with van der Waals surface area (Å²) in [6, 6.07) is 5.87. The van der Waals surface area contributed by atoms with Crippen LogP contribution in [0, 0.1) is 3.57 Å². The second kappa shape index (κ2) is 4.65. The molecule has 76 valence electrons. The lowest BCUT2D eigenvalue weighted by atomic mass is 10.3. The molecule has 3 N–H and O–H groups in total. The molecule has 0 saturated carbocycles. The van der Waals surface area contributed by atoms with E-state index in [2.05, 4.69) is 38.5 Å². The smallest absolute Gasteiger partial charge is 0.132 e. The third-order valence-corrected chi connectivity index (χ3v) is 3.29. The predicted octanol–water partition coefficient (Wildman–Crippen LogP) is 1.83. The molecule has 0 radical (unpaired) electrons. The van der Waals surface area contributed by atoms with Gasteiger partial charge in [-0.1, -0.05) is 17.7 Å². The summed E-state index contributed by atoms with van der Waals surface area (Å²) in [5, 5.41) is 10.6. The molecule has 1 aromatic rings. The van der Waals surface area contributed by atoms with Crippen LogP contribution in [0.4, 0.5) is 5.69 Å². The minimum absolute atomic E-state index is 0.128. The summed E-state index contributed by atoms with van der Waals surface area (Å²) in [6.07, 6.45) is 0.128. The lowest BCUT2D eigenvalue weighted by Crippen LogP contribution is -2.39. The summed E-state index contributed by atoms with van der Waals surface area (Å²) in [7, 11) is 0. The first-order valence-electron chi connectivity index (χ1n) is 4.45. The Labute approximate surface area is 102 Å². The van der Waals surface area contributed by atoms with Gasteiger partial charge in [-0.15, -0.1) is 0 Å². The summed E-state index contributed by atoms with van der Waals surface area (Å²) < 4.78 is 1.13.